The molecule has 0 bridgehead atoms. The number of aromatic nitrogens is 3. The summed E-state index contributed by atoms with van der Waals surface area (Å²) in [6.07, 6.45) is 0. The Bertz CT molecular complexity index is 3470. The van der Waals surface area contributed by atoms with Gasteiger partial charge in [-0.1, -0.05) is 158 Å². The molecule has 0 spiro atoms. The van der Waals surface area contributed by atoms with Crippen LogP contribution in [-0.2, 0) is 0 Å². The van der Waals surface area contributed by atoms with Gasteiger partial charge in [0.1, 0.15) is 16.8 Å². The van der Waals surface area contributed by atoms with Crippen molar-refractivity contribution in [2.75, 3.05) is 0 Å². The van der Waals surface area contributed by atoms with E-state index in [-0.39, 0.29) is 0 Å². The summed E-state index contributed by atoms with van der Waals surface area (Å²) in [6.45, 7) is 0. The predicted octanol–water partition coefficient (Wildman–Crippen LogP) is 13.9. The van der Waals surface area contributed by atoms with Gasteiger partial charge in [0.25, 0.3) is 0 Å². The lowest BCUT2D eigenvalue weighted by atomic mass is 9.90. The molecule has 0 saturated heterocycles. The van der Waals surface area contributed by atoms with Crippen molar-refractivity contribution in [2.45, 2.75) is 0 Å². The van der Waals surface area contributed by atoms with Crippen molar-refractivity contribution in [3.05, 3.63) is 188 Å². The van der Waals surface area contributed by atoms with E-state index in [9.17, 15) is 0 Å². The highest BCUT2D eigenvalue weighted by atomic mass is 16.3. The number of benzene rings is 9. The number of nitrogens with zero attached hydrogens (tertiary/aromatic N) is 3. The van der Waals surface area contributed by atoms with Gasteiger partial charge in [-0.15, -0.1) is 0 Å². The Hall–Kier alpha value is -7.56. The molecule has 3 aromatic heterocycles. The van der Waals surface area contributed by atoms with E-state index in [1.54, 1.807) is 0 Å². The van der Waals surface area contributed by atoms with Gasteiger partial charge in [0.2, 0.25) is 0 Å². The number of hydrogen-bond acceptors (Lipinski definition) is 3. The Labute approximate surface area is 321 Å². The minimum atomic E-state index is 0.660. The number of rotatable bonds is 4. The van der Waals surface area contributed by atoms with E-state index in [0.717, 1.165) is 61.2 Å². The third-order valence-electron chi connectivity index (χ3n) is 11.4. The molecule has 12 rings (SSSR count). The van der Waals surface area contributed by atoms with Crippen LogP contribution in [0.15, 0.2) is 192 Å². The first-order valence-electron chi connectivity index (χ1n) is 19.0. The van der Waals surface area contributed by atoms with E-state index in [0.29, 0.717) is 11.4 Å². The first-order chi connectivity index (χ1) is 27.8. The van der Waals surface area contributed by atoms with E-state index in [2.05, 4.69) is 156 Å². The third-order valence-corrected chi connectivity index (χ3v) is 11.4. The highest BCUT2D eigenvalue weighted by molar-refractivity contribution is 6.27. The molecule has 0 aliphatic heterocycles. The second-order valence-electron chi connectivity index (χ2n) is 14.5. The molecule has 0 saturated carbocycles. The van der Waals surface area contributed by atoms with Crippen LogP contribution in [0.5, 0.6) is 0 Å². The lowest BCUT2D eigenvalue weighted by Gasteiger charge is -2.19. The van der Waals surface area contributed by atoms with Crippen LogP contribution in [0, 0.1) is 0 Å². The Kier molecular flexibility index (Phi) is 6.60. The summed E-state index contributed by atoms with van der Waals surface area (Å²) in [5.74, 6) is 0.660. The number of fused-ring (bicyclic) bond motifs is 12. The minimum absolute atomic E-state index is 0.660. The second-order valence-corrected chi connectivity index (χ2v) is 14.5. The topological polar surface area (TPSA) is 43.9 Å². The first-order valence-corrected chi connectivity index (χ1v) is 19.0. The monoisotopic (exact) mass is 713 g/mol. The fourth-order valence-corrected chi connectivity index (χ4v) is 8.94. The average molecular weight is 714 g/mol. The van der Waals surface area contributed by atoms with Gasteiger partial charge in [-0.2, -0.15) is 0 Å². The van der Waals surface area contributed by atoms with Crippen molar-refractivity contribution in [2.24, 2.45) is 0 Å². The van der Waals surface area contributed by atoms with Crippen molar-refractivity contribution in [1.82, 2.24) is 14.5 Å². The molecule has 0 N–H and O–H groups in total. The van der Waals surface area contributed by atoms with Crippen LogP contribution in [-0.4, -0.2) is 14.5 Å². The van der Waals surface area contributed by atoms with E-state index >= 15 is 0 Å². The molecule has 0 atom stereocenters. The number of hydrogen-bond donors (Lipinski definition) is 0. The van der Waals surface area contributed by atoms with Gasteiger partial charge in [-0.05, 0) is 68.2 Å². The Morgan fingerprint density at radius 1 is 0.393 bits per heavy atom. The van der Waals surface area contributed by atoms with Gasteiger partial charge in [0.05, 0.1) is 22.1 Å². The lowest BCUT2D eigenvalue weighted by molar-refractivity contribution is 0.667. The lowest BCUT2D eigenvalue weighted by Crippen LogP contribution is -1.99. The van der Waals surface area contributed by atoms with Gasteiger partial charge in [0, 0.05) is 27.5 Å². The van der Waals surface area contributed by atoms with E-state index in [1.165, 1.54) is 43.1 Å². The molecule has 0 aliphatic rings. The molecule has 0 unspecified atom stereocenters. The van der Waals surface area contributed by atoms with Crippen molar-refractivity contribution in [1.29, 1.82) is 0 Å². The molecule has 260 valence electrons. The largest absolute Gasteiger partial charge is 0.452 e. The van der Waals surface area contributed by atoms with Crippen LogP contribution in [0.3, 0.4) is 0 Å². The van der Waals surface area contributed by atoms with Gasteiger partial charge in [-0.25, -0.2) is 9.97 Å². The average Bonchev–Trinajstić information content (AvgIpc) is 3.82. The molecule has 12 aromatic rings. The molecule has 0 aliphatic carbocycles. The smallest absolute Gasteiger partial charge is 0.180 e. The zero-order chi connectivity index (χ0) is 36.7. The molecular formula is C52H31N3O. The zero-order valence-electron chi connectivity index (χ0n) is 30.1. The van der Waals surface area contributed by atoms with Gasteiger partial charge < -0.3 is 8.98 Å². The molecule has 9 aromatic carbocycles. The molecule has 0 amide bonds. The maximum absolute atomic E-state index is 6.85. The highest BCUT2D eigenvalue weighted by Gasteiger charge is 2.24. The molecular weight excluding hydrogens is 683 g/mol. The summed E-state index contributed by atoms with van der Waals surface area (Å²) < 4.78 is 9.29. The van der Waals surface area contributed by atoms with Crippen molar-refractivity contribution < 1.29 is 4.42 Å². The number of furan rings is 1. The molecule has 3 heterocycles. The van der Waals surface area contributed by atoms with Crippen LogP contribution >= 0.6 is 0 Å². The molecule has 56 heavy (non-hydrogen) atoms. The number of para-hydroxylation sites is 2. The van der Waals surface area contributed by atoms with Gasteiger partial charge >= 0.3 is 0 Å². The fourth-order valence-electron chi connectivity index (χ4n) is 8.94. The second kappa shape index (κ2) is 12.0. The summed E-state index contributed by atoms with van der Waals surface area (Å²) in [6, 6.07) is 66.8. The summed E-state index contributed by atoms with van der Waals surface area (Å²) in [5.41, 5.74) is 10.5. The zero-order valence-corrected chi connectivity index (χ0v) is 30.1. The van der Waals surface area contributed by atoms with E-state index < -0.39 is 0 Å². The predicted molar refractivity (Wildman–Crippen MR) is 232 cm³/mol. The van der Waals surface area contributed by atoms with Gasteiger partial charge in [0.15, 0.2) is 11.4 Å². The van der Waals surface area contributed by atoms with E-state index in [4.69, 9.17) is 14.4 Å². The van der Waals surface area contributed by atoms with Gasteiger partial charge in [-0.3, -0.25) is 0 Å². The van der Waals surface area contributed by atoms with Crippen LogP contribution < -0.4 is 0 Å². The summed E-state index contributed by atoms with van der Waals surface area (Å²) in [5, 5.41) is 10.8. The molecule has 4 nitrogen and oxygen atoms in total. The summed E-state index contributed by atoms with van der Waals surface area (Å²) in [7, 11) is 0. The Balaban J connectivity index is 1.27. The van der Waals surface area contributed by atoms with Crippen LogP contribution in [0.25, 0.3) is 116 Å². The van der Waals surface area contributed by atoms with Crippen molar-refractivity contribution >= 4 is 76.2 Å². The van der Waals surface area contributed by atoms with E-state index in [1.807, 2.05) is 36.4 Å². The SMILES string of the molecule is c1ccc(-c2nc(-c3ccccc3)c3oc4cccc(-c5cc6c7ccccc7c7ccccc7c6cc5-n5c6ccccc6c6ccccc65)c4c3n2)cc1. The standard InChI is InChI=1S/C52H31N3O/c1-3-16-32(17-4-1)49-51-50(54-52(53-49)33-18-5-2-6-19-33)48-40(26-15-29-47(48)56-51)43-30-41-36-22-9-7-20-34(36)35-21-8-10-23-37(35)42(41)31-46(43)55-44-27-13-11-24-38(44)39-25-12-14-28-45(39)55/h1-31H. The normalized spacial score (nSPS) is 11.9. The van der Waals surface area contributed by atoms with Crippen LogP contribution in [0.2, 0.25) is 0 Å². The Morgan fingerprint density at radius 3 is 1.54 bits per heavy atom. The van der Waals surface area contributed by atoms with Crippen LogP contribution in [0.4, 0.5) is 0 Å². The molecule has 0 fully saturated rings. The highest BCUT2D eigenvalue weighted by Crippen LogP contribution is 2.46. The maximum Gasteiger partial charge on any atom is 0.180 e. The Morgan fingerprint density at radius 2 is 0.911 bits per heavy atom. The molecule has 0 radical (unpaired) electrons. The summed E-state index contributed by atoms with van der Waals surface area (Å²) in [4.78, 5) is 10.5. The maximum atomic E-state index is 6.85. The van der Waals surface area contributed by atoms with Crippen molar-refractivity contribution in [3.63, 3.8) is 0 Å². The summed E-state index contributed by atoms with van der Waals surface area (Å²) >= 11 is 0. The minimum Gasteiger partial charge on any atom is -0.452 e. The van der Waals surface area contributed by atoms with Crippen LogP contribution in [0.1, 0.15) is 0 Å². The fraction of sp³-hybridized carbons (Fsp3) is 0. The van der Waals surface area contributed by atoms with Crippen molar-refractivity contribution in [3.8, 4) is 39.5 Å². The first kappa shape index (κ1) is 30.9. The molecule has 4 heteroatoms. The quantitative estimate of drug-likeness (QED) is 0.171. The third kappa shape index (κ3) is 4.47.